The lowest BCUT2D eigenvalue weighted by molar-refractivity contribution is -0.385. The number of nitriles is 1. The maximum atomic E-state index is 10.7. The van der Waals surface area contributed by atoms with Crippen molar-refractivity contribution in [2.45, 2.75) is 6.42 Å². The molecule has 0 fully saturated rings. The minimum atomic E-state index is -0.556. The Labute approximate surface area is 115 Å². The fourth-order valence-corrected chi connectivity index (χ4v) is 1.80. The largest absolute Gasteiger partial charge is 0.385 e. The summed E-state index contributed by atoms with van der Waals surface area (Å²) >= 11 is 0. The first-order valence-electron chi connectivity index (χ1n) is 6.02. The standard InChI is InChI=1S/C14H12N4O2/c15-10-12-9-13(1-2-14(12)18(19)20)17-8-5-11-3-6-16-7-4-11/h1-4,6-7,9,17H,5,8H2. The summed E-state index contributed by atoms with van der Waals surface area (Å²) in [5.74, 6) is 0. The van der Waals surface area contributed by atoms with Crippen LogP contribution in [0.2, 0.25) is 0 Å². The third-order valence-electron chi connectivity index (χ3n) is 2.81. The molecule has 0 radical (unpaired) electrons. The Bertz CT molecular complexity index is 650. The van der Waals surface area contributed by atoms with E-state index in [2.05, 4.69) is 10.3 Å². The van der Waals surface area contributed by atoms with Crippen molar-refractivity contribution in [1.82, 2.24) is 4.98 Å². The van der Waals surface area contributed by atoms with Crippen LogP contribution in [0.1, 0.15) is 11.1 Å². The number of hydrogen-bond acceptors (Lipinski definition) is 5. The lowest BCUT2D eigenvalue weighted by Gasteiger charge is -2.06. The molecule has 0 bridgehead atoms. The summed E-state index contributed by atoms with van der Waals surface area (Å²) in [5.41, 5.74) is 1.73. The topological polar surface area (TPSA) is 91.8 Å². The fourth-order valence-electron chi connectivity index (χ4n) is 1.80. The number of nitro groups is 1. The van der Waals surface area contributed by atoms with Crippen LogP contribution in [0, 0.1) is 21.4 Å². The van der Waals surface area contributed by atoms with Gasteiger partial charge in [0.05, 0.1) is 4.92 Å². The molecule has 1 heterocycles. The molecule has 1 aromatic heterocycles. The number of hydrogen-bond donors (Lipinski definition) is 1. The van der Waals surface area contributed by atoms with E-state index in [9.17, 15) is 10.1 Å². The summed E-state index contributed by atoms with van der Waals surface area (Å²) in [6, 6.07) is 10.1. The minimum absolute atomic E-state index is 0.0592. The third-order valence-corrected chi connectivity index (χ3v) is 2.81. The van der Waals surface area contributed by atoms with E-state index in [0.29, 0.717) is 12.2 Å². The number of benzene rings is 1. The molecule has 0 aliphatic carbocycles. The maximum absolute atomic E-state index is 10.7. The maximum Gasteiger partial charge on any atom is 0.287 e. The second-order valence-corrected chi connectivity index (χ2v) is 4.13. The zero-order valence-corrected chi connectivity index (χ0v) is 10.6. The molecule has 1 N–H and O–H groups in total. The molecule has 0 amide bonds. The van der Waals surface area contributed by atoms with Crippen molar-refractivity contribution in [3.63, 3.8) is 0 Å². The van der Waals surface area contributed by atoms with Crippen LogP contribution in [0.25, 0.3) is 0 Å². The van der Waals surface area contributed by atoms with Crippen molar-refractivity contribution in [3.05, 3.63) is 64.0 Å². The Hall–Kier alpha value is -2.94. The molecule has 0 saturated carbocycles. The van der Waals surface area contributed by atoms with Gasteiger partial charge in [-0.2, -0.15) is 5.26 Å². The number of nitrogens with zero attached hydrogens (tertiary/aromatic N) is 3. The van der Waals surface area contributed by atoms with E-state index >= 15 is 0 Å². The van der Waals surface area contributed by atoms with E-state index in [1.165, 1.54) is 12.1 Å². The highest BCUT2D eigenvalue weighted by atomic mass is 16.6. The molecular weight excluding hydrogens is 256 g/mol. The molecule has 0 atom stereocenters. The molecule has 0 aliphatic heterocycles. The monoisotopic (exact) mass is 268 g/mol. The molecule has 20 heavy (non-hydrogen) atoms. The molecule has 2 rings (SSSR count). The average Bonchev–Trinajstić information content (AvgIpc) is 2.48. The molecule has 0 unspecified atom stereocenters. The van der Waals surface area contributed by atoms with Gasteiger partial charge in [0.25, 0.3) is 5.69 Å². The van der Waals surface area contributed by atoms with Gasteiger partial charge in [0.2, 0.25) is 0 Å². The van der Waals surface area contributed by atoms with E-state index in [-0.39, 0.29) is 11.3 Å². The van der Waals surface area contributed by atoms with Crippen LogP contribution >= 0.6 is 0 Å². The van der Waals surface area contributed by atoms with Crippen LogP contribution in [0.3, 0.4) is 0 Å². The van der Waals surface area contributed by atoms with Crippen molar-refractivity contribution in [3.8, 4) is 6.07 Å². The van der Waals surface area contributed by atoms with Crippen LogP contribution in [0.15, 0.2) is 42.7 Å². The van der Waals surface area contributed by atoms with Crippen LogP contribution in [0.4, 0.5) is 11.4 Å². The second kappa shape index (κ2) is 6.29. The summed E-state index contributed by atoms with van der Waals surface area (Å²) in [6.45, 7) is 0.673. The zero-order chi connectivity index (χ0) is 14.4. The van der Waals surface area contributed by atoms with Gasteiger partial charge in [0.1, 0.15) is 11.6 Å². The molecule has 6 nitrogen and oxygen atoms in total. The predicted molar refractivity (Wildman–Crippen MR) is 74.2 cm³/mol. The number of pyridine rings is 1. The first kappa shape index (κ1) is 13.5. The summed E-state index contributed by atoms with van der Waals surface area (Å²) in [5, 5.41) is 22.8. The summed E-state index contributed by atoms with van der Waals surface area (Å²) in [6.07, 6.45) is 4.27. The van der Waals surface area contributed by atoms with E-state index in [4.69, 9.17) is 5.26 Å². The Kier molecular flexibility index (Phi) is 4.24. The van der Waals surface area contributed by atoms with Crippen molar-refractivity contribution in [2.75, 3.05) is 11.9 Å². The van der Waals surface area contributed by atoms with Gasteiger partial charge in [-0.1, -0.05) is 0 Å². The molecule has 0 spiro atoms. The highest BCUT2D eigenvalue weighted by molar-refractivity contribution is 5.58. The van der Waals surface area contributed by atoms with Crippen molar-refractivity contribution < 1.29 is 4.92 Å². The Morgan fingerprint density at radius 3 is 2.70 bits per heavy atom. The zero-order valence-electron chi connectivity index (χ0n) is 10.6. The lowest BCUT2D eigenvalue weighted by Crippen LogP contribution is -2.05. The Balaban J connectivity index is 2.00. The normalized spacial score (nSPS) is 9.75. The number of anilines is 1. The van der Waals surface area contributed by atoms with Gasteiger partial charge < -0.3 is 5.32 Å². The molecule has 0 saturated heterocycles. The SMILES string of the molecule is N#Cc1cc(NCCc2ccncc2)ccc1[N+](=O)[O-]. The number of nitro benzene ring substituents is 1. The van der Waals surface area contributed by atoms with E-state index in [1.807, 2.05) is 18.2 Å². The van der Waals surface area contributed by atoms with Gasteiger partial charge in [0.15, 0.2) is 0 Å². The predicted octanol–water partition coefficient (Wildman–Crippen LogP) is 2.52. The lowest BCUT2D eigenvalue weighted by atomic mass is 10.1. The van der Waals surface area contributed by atoms with Crippen LogP contribution in [-0.4, -0.2) is 16.5 Å². The van der Waals surface area contributed by atoms with Gasteiger partial charge in [-0.3, -0.25) is 15.1 Å². The van der Waals surface area contributed by atoms with Crippen LogP contribution < -0.4 is 5.32 Å². The van der Waals surface area contributed by atoms with Gasteiger partial charge in [0, 0.05) is 30.7 Å². The quantitative estimate of drug-likeness (QED) is 0.664. The van der Waals surface area contributed by atoms with E-state index < -0.39 is 4.92 Å². The van der Waals surface area contributed by atoms with Crippen molar-refractivity contribution in [1.29, 1.82) is 5.26 Å². The highest BCUT2D eigenvalue weighted by Crippen LogP contribution is 2.21. The molecular formula is C14H12N4O2. The van der Waals surface area contributed by atoms with Gasteiger partial charge >= 0.3 is 0 Å². The van der Waals surface area contributed by atoms with E-state index in [0.717, 1.165) is 12.0 Å². The Morgan fingerprint density at radius 2 is 2.05 bits per heavy atom. The Morgan fingerprint density at radius 1 is 1.30 bits per heavy atom. The molecule has 6 heteroatoms. The second-order valence-electron chi connectivity index (χ2n) is 4.13. The summed E-state index contributed by atoms with van der Waals surface area (Å²) < 4.78 is 0. The number of nitrogens with one attached hydrogen (secondary N) is 1. The summed E-state index contributed by atoms with van der Waals surface area (Å²) in [4.78, 5) is 14.1. The fraction of sp³-hybridized carbons (Fsp3) is 0.143. The van der Waals surface area contributed by atoms with Gasteiger partial charge in [-0.15, -0.1) is 0 Å². The molecule has 1 aromatic carbocycles. The molecule has 100 valence electrons. The molecule has 2 aromatic rings. The van der Waals surface area contributed by atoms with Crippen LogP contribution in [0.5, 0.6) is 0 Å². The summed E-state index contributed by atoms with van der Waals surface area (Å²) in [7, 11) is 0. The minimum Gasteiger partial charge on any atom is -0.385 e. The first-order chi connectivity index (χ1) is 9.70. The smallest absolute Gasteiger partial charge is 0.287 e. The first-order valence-corrected chi connectivity index (χ1v) is 6.02. The highest BCUT2D eigenvalue weighted by Gasteiger charge is 2.13. The van der Waals surface area contributed by atoms with E-state index in [1.54, 1.807) is 18.5 Å². The van der Waals surface area contributed by atoms with Gasteiger partial charge in [-0.25, -0.2) is 0 Å². The number of rotatable bonds is 5. The van der Waals surface area contributed by atoms with Crippen molar-refractivity contribution in [2.24, 2.45) is 0 Å². The van der Waals surface area contributed by atoms with Crippen molar-refractivity contribution >= 4 is 11.4 Å². The average molecular weight is 268 g/mol. The van der Waals surface area contributed by atoms with Gasteiger partial charge in [-0.05, 0) is 36.2 Å². The molecule has 0 aliphatic rings. The number of aromatic nitrogens is 1. The third kappa shape index (κ3) is 3.29. The van der Waals surface area contributed by atoms with Crippen LogP contribution in [-0.2, 0) is 6.42 Å².